The Morgan fingerprint density at radius 2 is 1.73 bits per heavy atom. The number of hydrogen-bond donors (Lipinski definition) is 0. The molecule has 166 valence electrons. The van der Waals surface area contributed by atoms with Crippen molar-refractivity contribution in [2.75, 3.05) is 32.4 Å². The maximum absolute atomic E-state index is 12.8. The Balaban J connectivity index is 1.40. The largest absolute Gasteiger partial charge is 0.367 e. The van der Waals surface area contributed by atoms with Gasteiger partial charge < -0.3 is 9.80 Å². The molecular weight excluding hydrogens is 424 g/mol. The number of benzene rings is 2. The average Bonchev–Trinajstić information content (AvgIpc) is 3.04. The van der Waals surface area contributed by atoms with Crippen molar-refractivity contribution >= 4 is 35.5 Å². The first-order valence-electron chi connectivity index (χ1n) is 11.4. The molecule has 2 aliphatic carbocycles. The lowest BCUT2D eigenvalue weighted by molar-refractivity contribution is -0.127. The minimum absolute atomic E-state index is 0.0842. The summed E-state index contributed by atoms with van der Waals surface area (Å²) in [6, 6.07) is 18.6. The lowest BCUT2D eigenvalue weighted by Crippen LogP contribution is -2.49. The maximum Gasteiger partial charge on any atom is 0.246 e. The third-order valence-corrected chi connectivity index (χ3v) is 7.26. The normalized spacial score (nSPS) is 19.9. The zero-order chi connectivity index (χ0) is 22.6. The summed E-state index contributed by atoms with van der Waals surface area (Å²) in [7, 11) is 0. The topological polar surface area (TPSA) is 23.6 Å². The van der Waals surface area contributed by atoms with Crippen LogP contribution >= 0.6 is 11.8 Å². The lowest BCUT2D eigenvalue weighted by atomic mass is 9.94. The van der Waals surface area contributed by atoms with E-state index in [1.807, 2.05) is 53.1 Å². The molecule has 5 rings (SSSR count). The second-order valence-corrected chi connectivity index (χ2v) is 9.44. The Labute approximate surface area is 199 Å². The molecule has 1 atom stereocenters. The summed E-state index contributed by atoms with van der Waals surface area (Å²) in [5.74, 6) is 0.0842. The van der Waals surface area contributed by atoms with Crippen LogP contribution in [-0.4, -0.2) is 53.4 Å². The Morgan fingerprint density at radius 3 is 2.52 bits per heavy atom. The minimum atomic E-state index is 0.0842. The minimum Gasteiger partial charge on any atom is -0.367 e. The zero-order valence-electron chi connectivity index (χ0n) is 18.9. The van der Waals surface area contributed by atoms with Gasteiger partial charge in [0, 0.05) is 48.3 Å². The Bertz CT molecular complexity index is 1280. The molecule has 0 N–H and O–H groups in total. The quantitative estimate of drug-likeness (QED) is 0.663. The summed E-state index contributed by atoms with van der Waals surface area (Å²) in [6.07, 6.45) is 17.1. The highest BCUT2D eigenvalue weighted by atomic mass is 32.2. The van der Waals surface area contributed by atoms with Crippen molar-refractivity contribution in [1.82, 2.24) is 9.80 Å². The molecular formula is C29H28N2OS. The van der Waals surface area contributed by atoms with Crippen molar-refractivity contribution in [3.63, 3.8) is 0 Å². The fourth-order valence-electron chi connectivity index (χ4n) is 4.62. The van der Waals surface area contributed by atoms with Crippen LogP contribution in [0.15, 0.2) is 96.1 Å². The van der Waals surface area contributed by atoms with Gasteiger partial charge in [-0.3, -0.25) is 4.79 Å². The number of piperazine rings is 1. The molecule has 1 amide bonds. The molecule has 0 aromatic heterocycles. The molecule has 4 heteroatoms. The smallest absolute Gasteiger partial charge is 0.246 e. The van der Waals surface area contributed by atoms with Crippen molar-refractivity contribution in [2.24, 2.45) is 0 Å². The molecule has 33 heavy (non-hydrogen) atoms. The highest BCUT2D eigenvalue weighted by Gasteiger charge is 2.26. The number of thioether (sulfide) groups is 1. The maximum atomic E-state index is 12.8. The van der Waals surface area contributed by atoms with Crippen LogP contribution in [0.5, 0.6) is 0 Å². The molecule has 3 nitrogen and oxygen atoms in total. The van der Waals surface area contributed by atoms with E-state index in [2.05, 4.69) is 65.8 Å². The monoisotopic (exact) mass is 452 g/mol. The first-order valence-corrected chi connectivity index (χ1v) is 12.7. The van der Waals surface area contributed by atoms with Gasteiger partial charge in [-0.25, -0.2) is 0 Å². The van der Waals surface area contributed by atoms with Gasteiger partial charge in [0.1, 0.15) is 0 Å². The van der Waals surface area contributed by atoms with Crippen LogP contribution in [0.1, 0.15) is 5.56 Å². The molecule has 0 spiro atoms. The summed E-state index contributed by atoms with van der Waals surface area (Å²) in [5, 5.41) is 2.89. The Morgan fingerprint density at radius 1 is 0.970 bits per heavy atom. The third kappa shape index (κ3) is 4.62. The molecule has 0 radical (unpaired) electrons. The first-order chi connectivity index (χ1) is 16.2. The van der Waals surface area contributed by atoms with Crippen molar-refractivity contribution < 1.29 is 4.79 Å². The van der Waals surface area contributed by atoms with Gasteiger partial charge in [0.05, 0.1) is 5.70 Å². The highest BCUT2D eigenvalue weighted by molar-refractivity contribution is 7.99. The fraction of sp³-hybridized carbons (Fsp3) is 0.207. The zero-order valence-corrected chi connectivity index (χ0v) is 19.7. The number of hydrogen-bond acceptors (Lipinski definition) is 3. The average molecular weight is 453 g/mol. The first kappa shape index (κ1) is 21.6. The summed E-state index contributed by atoms with van der Waals surface area (Å²) < 4.78 is 0. The number of nitrogens with zero attached hydrogens (tertiary/aromatic N) is 2. The standard InChI is InChI=1S/C29H28N2OS/c1-33-25-15-14-24-13-12-23-9-5-6-10-26(23)29(27(24)21-25)31-19-17-30(18-20-31)28(32)16-11-22-7-3-2-4-8-22/h2-16,21,25H,17-20H2,1H3/b16-11+. The third-order valence-electron chi connectivity index (χ3n) is 6.42. The summed E-state index contributed by atoms with van der Waals surface area (Å²) >= 11 is 1.85. The van der Waals surface area contributed by atoms with Crippen molar-refractivity contribution in [3.05, 3.63) is 112 Å². The van der Waals surface area contributed by atoms with E-state index >= 15 is 0 Å². The lowest BCUT2D eigenvalue weighted by Gasteiger charge is -2.38. The molecule has 1 saturated heterocycles. The van der Waals surface area contributed by atoms with E-state index in [4.69, 9.17) is 0 Å². The van der Waals surface area contributed by atoms with Gasteiger partial charge >= 0.3 is 0 Å². The van der Waals surface area contributed by atoms with Gasteiger partial charge in [-0.2, -0.15) is 11.8 Å². The highest BCUT2D eigenvalue weighted by Crippen LogP contribution is 2.32. The Kier molecular flexibility index (Phi) is 6.36. The molecule has 2 aromatic rings. The molecule has 0 bridgehead atoms. The van der Waals surface area contributed by atoms with E-state index in [0.29, 0.717) is 5.25 Å². The SMILES string of the molecule is CSC1C=CC2=CC=c3ccccc3=C(N3CCN(C(=O)/C=C/c4ccccc4)CC3)C2=C1. The van der Waals surface area contributed by atoms with Gasteiger partial charge in [0.2, 0.25) is 5.91 Å². The number of carbonyl (C=O) groups is 1. The van der Waals surface area contributed by atoms with E-state index in [1.54, 1.807) is 6.08 Å². The van der Waals surface area contributed by atoms with Gasteiger partial charge in [-0.1, -0.05) is 85.0 Å². The Hall–Kier alpha value is -3.24. The van der Waals surface area contributed by atoms with Crippen LogP contribution in [0.2, 0.25) is 0 Å². The van der Waals surface area contributed by atoms with Gasteiger partial charge in [-0.15, -0.1) is 0 Å². The van der Waals surface area contributed by atoms with Crippen LogP contribution in [-0.2, 0) is 4.79 Å². The van der Waals surface area contributed by atoms with E-state index in [-0.39, 0.29) is 5.91 Å². The molecule has 1 aliphatic heterocycles. The predicted molar refractivity (Wildman–Crippen MR) is 140 cm³/mol. The van der Waals surface area contributed by atoms with E-state index in [0.717, 1.165) is 31.7 Å². The molecule has 1 fully saturated rings. The summed E-state index contributed by atoms with van der Waals surface area (Å²) in [6.45, 7) is 3.10. The number of amides is 1. The number of rotatable bonds is 4. The summed E-state index contributed by atoms with van der Waals surface area (Å²) in [4.78, 5) is 17.2. The van der Waals surface area contributed by atoms with Crippen LogP contribution < -0.4 is 10.4 Å². The van der Waals surface area contributed by atoms with Crippen LogP contribution in [0.25, 0.3) is 17.8 Å². The molecule has 0 saturated carbocycles. The van der Waals surface area contributed by atoms with E-state index in [9.17, 15) is 4.79 Å². The fourth-order valence-corrected chi connectivity index (χ4v) is 5.13. The number of carbonyl (C=O) groups excluding carboxylic acids is 1. The van der Waals surface area contributed by atoms with E-state index < -0.39 is 0 Å². The van der Waals surface area contributed by atoms with Gasteiger partial charge in [0.15, 0.2) is 0 Å². The van der Waals surface area contributed by atoms with Crippen molar-refractivity contribution in [2.45, 2.75) is 5.25 Å². The van der Waals surface area contributed by atoms with Crippen molar-refractivity contribution in [1.29, 1.82) is 0 Å². The molecule has 2 aromatic carbocycles. The van der Waals surface area contributed by atoms with Crippen LogP contribution in [0, 0.1) is 0 Å². The van der Waals surface area contributed by atoms with Crippen LogP contribution in [0.3, 0.4) is 0 Å². The van der Waals surface area contributed by atoms with Gasteiger partial charge in [0.25, 0.3) is 0 Å². The summed E-state index contributed by atoms with van der Waals surface area (Å²) in [5.41, 5.74) is 4.91. The van der Waals surface area contributed by atoms with E-state index in [1.165, 1.54) is 27.3 Å². The van der Waals surface area contributed by atoms with Gasteiger partial charge in [-0.05, 0) is 28.7 Å². The number of fused-ring (bicyclic) bond motifs is 2. The number of allylic oxidation sites excluding steroid dienone is 2. The predicted octanol–water partition coefficient (Wildman–Crippen LogP) is 3.60. The van der Waals surface area contributed by atoms with Crippen LogP contribution in [0.4, 0.5) is 0 Å². The van der Waals surface area contributed by atoms with Crippen molar-refractivity contribution in [3.8, 4) is 0 Å². The molecule has 1 unspecified atom stereocenters. The molecule has 1 heterocycles. The second kappa shape index (κ2) is 9.72. The second-order valence-electron chi connectivity index (χ2n) is 8.42. The molecule has 3 aliphatic rings.